The van der Waals surface area contributed by atoms with Crippen LogP contribution in [0, 0.1) is 6.92 Å². The standard InChI is InChI=1S/C18H19N3O2S/c1-13-2-7-17-20-15(11-21(17)10-13)12-23-16-5-3-14(4-6-16)18(22)19-8-9-24/h2-7,10-11,24H,8-9,12H2,1H3,(H,19,22). The normalized spacial score (nSPS) is 10.8. The van der Waals surface area contributed by atoms with Crippen molar-refractivity contribution in [3.05, 3.63) is 65.6 Å². The third kappa shape index (κ3) is 3.89. The molecule has 3 aromatic rings. The maximum Gasteiger partial charge on any atom is 0.251 e. The lowest BCUT2D eigenvalue weighted by Crippen LogP contribution is -2.25. The molecule has 124 valence electrons. The zero-order chi connectivity index (χ0) is 16.9. The monoisotopic (exact) mass is 341 g/mol. The molecule has 0 radical (unpaired) electrons. The minimum absolute atomic E-state index is 0.105. The van der Waals surface area contributed by atoms with Gasteiger partial charge in [-0.2, -0.15) is 12.6 Å². The number of aryl methyl sites for hydroxylation is 1. The number of benzene rings is 1. The molecule has 0 atom stereocenters. The van der Waals surface area contributed by atoms with Crippen LogP contribution in [0.4, 0.5) is 0 Å². The summed E-state index contributed by atoms with van der Waals surface area (Å²) in [7, 11) is 0. The van der Waals surface area contributed by atoms with Crippen molar-refractivity contribution in [1.29, 1.82) is 0 Å². The lowest BCUT2D eigenvalue weighted by molar-refractivity contribution is 0.0956. The quantitative estimate of drug-likeness (QED) is 0.678. The largest absolute Gasteiger partial charge is 0.487 e. The molecule has 0 aliphatic rings. The first kappa shape index (κ1) is 16.4. The summed E-state index contributed by atoms with van der Waals surface area (Å²) in [5.41, 5.74) is 3.54. The predicted octanol–water partition coefficient (Wildman–Crippen LogP) is 2.88. The summed E-state index contributed by atoms with van der Waals surface area (Å²) in [5, 5.41) is 2.78. The Balaban J connectivity index is 1.62. The van der Waals surface area contributed by atoms with E-state index < -0.39 is 0 Å². The lowest BCUT2D eigenvalue weighted by Gasteiger charge is -2.06. The van der Waals surface area contributed by atoms with Crippen LogP contribution in [0.15, 0.2) is 48.8 Å². The lowest BCUT2D eigenvalue weighted by atomic mass is 10.2. The smallest absolute Gasteiger partial charge is 0.251 e. The Morgan fingerprint density at radius 2 is 2.00 bits per heavy atom. The van der Waals surface area contributed by atoms with E-state index in [-0.39, 0.29) is 5.91 Å². The van der Waals surface area contributed by atoms with E-state index in [1.165, 1.54) is 5.56 Å². The number of hydrogen-bond donors (Lipinski definition) is 2. The molecule has 1 aromatic carbocycles. The highest BCUT2D eigenvalue weighted by Gasteiger charge is 2.06. The average Bonchev–Trinajstić information content (AvgIpc) is 3.00. The number of aromatic nitrogens is 2. The molecule has 1 N–H and O–H groups in total. The van der Waals surface area contributed by atoms with E-state index in [1.54, 1.807) is 24.3 Å². The molecular weight excluding hydrogens is 322 g/mol. The number of nitrogens with one attached hydrogen (secondary N) is 1. The molecule has 0 aliphatic heterocycles. The van der Waals surface area contributed by atoms with Gasteiger partial charge in [-0.1, -0.05) is 6.07 Å². The minimum atomic E-state index is -0.105. The number of thiol groups is 1. The molecule has 6 heteroatoms. The molecule has 1 amide bonds. The van der Waals surface area contributed by atoms with Gasteiger partial charge in [0.2, 0.25) is 0 Å². The fourth-order valence-corrected chi connectivity index (χ4v) is 2.47. The Hall–Kier alpha value is -2.47. The van der Waals surface area contributed by atoms with E-state index in [9.17, 15) is 4.79 Å². The topological polar surface area (TPSA) is 55.6 Å². The first-order valence-electron chi connectivity index (χ1n) is 7.72. The molecule has 24 heavy (non-hydrogen) atoms. The van der Waals surface area contributed by atoms with E-state index in [0.29, 0.717) is 30.2 Å². The summed E-state index contributed by atoms with van der Waals surface area (Å²) in [6.07, 6.45) is 3.99. The van der Waals surface area contributed by atoms with Crippen LogP contribution in [-0.2, 0) is 6.61 Å². The number of carbonyl (C=O) groups is 1. The summed E-state index contributed by atoms with van der Waals surface area (Å²) >= 11 is 4.07. The van der Waals surface area contributed by atoms with Crippen LogP contribution >= 0.6 is 12.6 Å². The molecule has 0 spiro atoms. The highest BCUT2D eigenvalue weighted by atomic mass is 32.1. The SMILES string of the molecule is Cc1ccc2nc(COc3ccc(C(=O)NCCS)cc3)cn2c1. The number of rotatable bonds is 6. The third-order valence-electron chi connectivity index (χ3n) is 3.55. The van der Waals surface area contributed by atoms with Gasteiger partial charge in [0.05, 0.1) is 5.69 Å². The second kappa shape index (κ2) is 7.40. The zero-order valence-electron chi connectivity index (χ0n) is 13.4. The van der Waals surface area contributed by atoms with Gasteiger partial charge in [-0.25, -0.2) is 4.98 Å². The Labute approximate surface area is 146 Å². The number of carbonyl (C=O) groups excluding carboxylic acids is 1. The number of nitrogens with zero attached hydrogens (tertiary/aromatic N) is 2. The van der Waals surface area contributed by atoms with Crippen molar-refractivity contribution in [3.8, 4) is 5.75 Å². The Morgan fingerprint density at radius 3 is 2.75 bits per heavy atom. The highest BCUT2D eigenvalue weighted by Crippen LogP contribution is 2.15. The number of pyridine rings is 1. The van der Waals surface area contributed by atoms with Gasteiger partial charge >= 0.3 is 0 Å². The van der Waals surface area contributed by atoms with Gasteiger partial charge < -0.3 is 14.5 Å². The van der Waals surface area contributed by atoms with Crippen molar-refractivity contribution in [1.82, 2.24) is 14.7 Å². The van der Waals surface area contributed by atoms with Crippen molar-refractivity contribution in [3.63, 3.8) is 0 Å². The van der Waals surface area contributed by atoms with Gasteiger partial charge in [0.25, 0.3) is 5.91 Å². The van der Waals surface area contributed by atoms with E-state index in [2.05, 4.69) is 22.9 Å². The molecule has 2 aromatic heterocycles. The van der Waals surface area contributed by atoms with Crippen LogP contribution in [0.1, 0.15) is 21.6 Å². The van der Waals surface area contributed by atoms with Crippen molar-refractivity contribution in [2.75, 3.05) is 12.3 Å². The van der Waals surface area contributed by atoms with E-state index in [0.717, 1.165) is 11.3 Å². The molecule has 2 heterocycles. The second-order valence-corrected chi connectivity index (χ2v) is 5.94. The average molecular weight is 341 g/mol. The van der Waals surface area contributed by atoms with E-state index in [4.69, 9.17) is 4.74 Å². The Bertz CT molecular complexity index is 843. The Kier molecular flexibility index (Phi) is 5.05. The summed E-state index contributed by atoms with van der Waals surface area (Å²) in [6, 6.07) is 11.1. The van der Waals surface area contributed by atoms with Crippen LogP contribution in [0.2, 0.25) is 0 Å². The maximum absolute atomic E-state index is 11.8. The number of amides is 1. The molecule has 3 rings (SSSR count). The van der Waals surface area contributed by atoms with Crippen molar-refractivity contribution in [2.45, 2.75) is 13.5 Å². The molecule has 0 saturated carbocycles. The fourth-order valence-electron chi connectivity index (χ4n) is 2.36. The van der Waals surface area contributed by atoms with Crippen LogP contribution in [0.3, 0.4) is 0 Å². The molecular formula is C18H19N3O2S. The molecule has 0 bridgehead atoms. The Morgan fingerprint density at radius 1 is 1.21 bits per heavy atom. The van der Waals surface area contributed by atoms with Crippen molar-refractivity contribution in [2.24, 2.45) is 0 Å². The van der Waals surface area contributed by atoms with Crippen LogP contribution in [0.5, 0.6) is 5.75 Å². The van der Waals surface area contributed by atoms with Gasteiger partial charge in [-0.3, -0.25) is 4.79 Å². The van der Waals surface area contributed by atoms with Crippen LogP contribution in [-0.4, -0.2) is 27.6 Å². The number of fused-ring (bicyclic) bond motifs is 1. The van der Waals surface area contributed by atoms with Gasteiger partial charge in [0.15, 0.2) is 0 Å². The fraction of sp³-hybridized carbons (Fsp3) is 0.222. The summed E-state index contributed by atoms with van der Waals surface area (Å²) in [4.78, 5) is 16.3. The van der Waals surface area contributed by atoms with Crippen molar-refractivity contribution < 1.29 is 9.53 Å². The minimum Gasteiger partial charge on any atom is -0.487 e. The van der Waals surface area contributed by atoms with Gasteiger partial charge in [-0.15, -0.1) is 0 Å². The van der Waals surface area contributed by atoms with Gasteiger partial charge in [0, 0.05) is 30.3 Å². The van der Waals surface area contributed by atoms with Crippen LogP contribution < -0.4 is 10.1 Å². The van der Waals surface area contributed by atoms with Gasteiger partial charge in [0.1, 0.15) is 18.0 Å². The van der Waals surface area contributed by atoms with E-state index >= 15 is 0 Å². The molecule has 0 fully saturated rings. The highest BCUT2D eigenvalue weighted by molar-refractivity contribution is 7.80. The van der Waals surface area contributed by atoms with E-state index in [1.807, 2.05) is 35.9 Å². The maximum atomic E-state index is 11.8. The zero-order valence-corrected chi connectivity index (χ0v) is 14.3. The molecule has 0 aliphatic carbocycles. The summed E-state index contributed by atoms with van der Waals surface area (Å²) in [6.45, 7) is 2.98. The predicted molar refractivity (Wildman–Crippen MR) is 96.9 cm³/mol. The summed E-state index contributed by atoms with van der Waals surface area (Å²) < 4.78 is 7.74. The molecule has 5 nitrogen and oxygen atoms in total. The van der Waals surface area contributed by atoms with Crippen molar-refractivity contribution >= 4 is 24.2 Å². The summed E-state index contributed by atoms with van der Waals surface area (Å²) in [5.74, 6) is 1.21. The third-order valence-corrected chi connectivity index (χ3v) is 3.77. The first-order chi connectivity index (χ1) is 11.7. The number of imidazole rings is 1. The molecule has 0 unspecified atom stereocenters. The number of hydrogen-bond acceptors (Lipinski definition) is 4. The first-order valence-corrected chi connectivity index (χ1v) is 8.35. The second-order valence-electron chi connectivity index (χ2n) is 5.50. The molecule has 0 saturated heterocycles. The van der Waals surface area contributed by atoms with Crippen LogP contribution in [0.25, 0.3) is 5.65 Å². The van der Waals surface area contributed by atoms with Gasteiger partial charge in [-0.05, 0) is 42.8 Å². The number of ether oxygens (including phenoxy) is 1.